The molecule has 286 valence electrons. The molecule has 0 spiro atoms. The lowest BCUT2D eigenvalue weighted by Crippen LogP contribution is -2.00. The number of aromatic nitrogens is 4. The van der Waals surface area contributed by atoms with Crippen LogP contribution in [-0.2, 0) is 0 Å². The highest BCUT2D eigenvalue weighted by molar-refractivity contribution is 6.16. The van der Waals surface area contributed by atoms with Crippen molar-refractivity contribution in [3.05, 3.63) is 230 Å². The first-order chi connectivity index (χ1) is 31.9. The van der Waals surface area contributed by atoms with Gasteiger partial charge in [-0.25, -0.2) is 15.0 Å². The van der Waals surface area contributed by atoms with Gasteiger partial charge in [-0.15, -0.1) is 0 Å². The van der Waals surface area contributed by atoms with Crippen molar-refractivity contribution in [3.8, 4) is 84.4 Å². The van der Waals surface area contributed by atoms with Gasteiger partial charge in [0.2, 0.25) is 0 Å². The summed E-state index contributed by atoms with van der Waals surface area (Å²) in [6.45, 7) is 0. The first kappa shape index (κ1) is 31.7. The number of hydrogen-bond donors (Lipinski definition) is 0. The Bertz CT molecular complexity index is 3480. The summed E-state index contributed by atoms with van der Waals surface area (Å²) in [7, 11) is 0. The Balaban J connectivity index is 1.07. The number of para-hydroxylation sites is 1. The van der Waals surface area contributed by atoms with Gasteiger partial charge in [-0.05, 0) is 99.1 Å². The Morgan fingerprint density at radius 2 is 0.738 bits per heavy atom. The molecular weight excluding hydrogens is 741 g/mol. The minimum absolute atomic E-state index is 0.0840. The molecule has 9 aromatic carbocycles. The SMILES string of the molecule is [2H]c1c([2H])c([2H])c2c(c1[2H])c1c(-c3cc(-c4ccccc4)cc(-c4ccccc4)c3)cccc1n2-c1ccc(-c2nc(-c3ccccc3)nc(-c3ccc(-c4ccccc4)cc3)n2)cc1. The molecule has 2 heterocycles. The van der Waals surface area contributed by atoms with E-state index in [9.17, 15) is 2.74 Å². The average molecular weight is 783 g/mol. The average Bonchev–Trinajstić information content (AvgIpc) is 3.74. The molecule has 0 saturated heterocycles. The van der Waals surface area contributed by atoms with Crippen molar-refractivity contribution >= 4 is 21.8 Å². The van der Waals surface area contributed by atoms with Crippen molar-refractivity contribution in [1.82, 2.24) is 19.5 Å². The maximum atomic E-state index is 9.35. The van der Waals surface area contributed by atoms with Crippen LogP contribution in [0.1, 0.15) is 5.48 Å². The number of nitrogens with zero attached hydrogens (tertiary/aromatic N) is 4. The van der Waals surface area contributed by atoms with E-state index in [-0.39, 0.29) is 24.2 Å². The first-order valence-electron chi connectivity index (χ1n) is 22.3. The zero-order valence-electron chi connectivity index (χ0n) is 36.9. The summed E-state index contributed by atoms with van der Waals surface area (Å²) < 4.78 is 38.3. The van der Waals surface area contributed by atoms with Crippen LogP contribution in [-0.4, -0.2) is 19.5 Å². The molecule has 0 amide bonds. The quantitative estimate of drug-likeness (QED) is 0.154. The van der Waals surface area contributed by atoms with Crippen LogP contribution in [0.3, 0.4) is 0 Å². The maximum Gasteiger partial charge on any atom is 0.164 e. The minimum Gasteiger partial charge on any atom is -0.309 e. The number of fused-ring (bicyclic) bond motifs is 3. The monoisotopic (exact) mass is 782 g/mol. The Kier molecular flexibility index (Phi) is 8.07. The molecule has 0 fully saturated rings. The van der Waals surface area contributed by atoms with E-state index in [2.05, 4.69) is 66.7 Å². The van der Waals surface area contributed by atoms with Crippen LogP contribution in [0, 0.1) is 0 Å². The fraction of sp³-hybridized carbons (Fsp3) is 0. The van der Waals surface area contributed by atoms with Gasteiger partial charge in [0.05, 0.1) is 16.5 Å². The maximum absolute atomic E-state index is 9.35. The number of rotatable bonds is 8. The second-order valence-corrected chi connectivity index (χ2v) is 15.0. The molecule has 11 aromatic rings. The fourth-order valence-corrected chi connectivity index (χ4v) is 8.20. The third kappa shape index (κ3) is 6.86. The largest absolute Gasteiger partial charge is 0.309 e. The van der Waals surface area contributed by atoms with Crippen molar-refractivity contribution < 1.29 is 5.48 Å². The van der Waals surface area contributed by atoms with E-state index in [1.807, 2.05) is 144 Å². The van der Waals surface area contributed by atoms with Crippen molar-refractivity contribution in [2.24, 2.45) is 0 Å². The summed E-state index contributed by atoms with van der Waals surface area (Å²) in [5, 5.41) is 1.21. The molecule has 0 saturated carbocycles. The van der Waals surface area contributed by atoms with Crippen molar-refractivity contribution in [3.63, 3.8) is 0 Å². The predicted molar refractivity (Wildman–Crippen MR) is 252 cm³/mol. The van der Waals surface area contributed by atoms with Gasteiger partial charge in [0.25, 0.3) is 0 Å². The molecule has 0 aliphatic heterocycles. The number of hydrogen-bond acceptors (Lipinski definition) is 3. The smallest absolute Gasteiger partial charge is 0.164 e. The summed E-state index contributed by atoms with van der Waals surface area (Å²) in [6, 6.07) is 68.6. The molecule has 0 aliphatic carbocycles. The van der Waals surface area contributed by atoms with Crippen molar-refractivity contribution in [2.75, 3.05) is 0 Å². The summed E-state index contributed by atoms with van der Waals surface area (Å²) in [4.78, 5) is 14.9. The summed E-state index contributed by atoms with van der Waals surface area (Å²) in [5.41, 5.74) is 12.7. The van der Waals surface area contributed by atoms with Crippen LogP contribution in [0.25, 0.3) is 106 Å². The van der Waals surface area contributed by atoms with Crippen LogP contribution in [0.15, 0.2) is 230 Å². The van der Waals surface area contributed by atoms with Gasteiger partial charge in [0.1, 0.15) is 0 Å². The summed E-state index contributed by atoms with van der Waals surface area (Å²) >= 11 is 0. The topological polar surface area (TPSA) is 43.6 Å². The van der Waals surface area contributed by atoms with Crippen LogP contribution < -0.4 is 0 Å². The molecule has 2 aromatic heterocycles. The molecule has 61 heavy (non-hydrogen) atoms. The lowest BCUT2D eigenvalue weighted by Gasteiger charge is -2.13. The lowest BCUT2D eigenvalue weighted by atomic mass is 9.91. The van der Waals surface area contributed by atoms with E-state index >= 15 is 0 Å². The van der Waals surface area contributed by atoms with Crippen LogP contribution in [0.2, 0.25) is 0 Å². The van der Waals surface area contributed by atoms with E-state index in [4.69, 9.17) is 17.7 Å². The zero-order chi connectivity index (χ0) is 44.0. The minimum atomic E-state index is -0.287. The predicted octanol–water partition coefficient (Wildman–Crippen LogP) is 14.6. The van der Waals surface area contributed by atoms with Gasteiger partial charge >= 0.3 is 0 Å². The first-order valence-corrected chi connectivity index (χ1v) is 20.3. The standard InChI is InChI=1S/C57H38N4/c1-5-16-39(17-6-1)42-28-30-44(31-29-42)56-58-55(43-22-11-4-12-23-43)59-57(60-56)45-32-34-49(35-33-45)61-52-26-14-13-24-51(52)54-50(25-15-27-53(54)61)48-37-46(40-18-7-2-8-19-40)36-47(38-48)41-20-9-3-10-21-41/h1-38H/i13D,14D,24D,26D. The van der Waals surface area contributed by atoms with Crippen LogP contribution in [0.4, 0.5) is 0 Å². The van der Waals surface area contributed by atoms with Gasteiger partial charge < -0.3 is 4.57 Å². The van der Waals surface area contributed by atoms with Gasteiger partial charge in [-0.3, -0.25) is 0 Å². The molecule has 0 unspecified atom stereocenters. The number of benzene rings is 9. The zero-order valence-corrected chi connectivity index (χ0v) is 32.9. The third-order valence-electron chi connectivity index (χ3n) is 11.2. The van der Waals surface area contributed by atoms with E-state index in [1.54, 1.807) is 0 Å². The molecule has 4 nitrogen and oxygen atoms in total. The van der Waals surface area contributed by atoms with E-state index < -0.39 is 0 Å². The van der Waals surface area contributed by atoms with Gasteiger partial charge in [-0.1, -0.05) is 176 Å². The van der Waals surface area contributed by atoms with Crippen molar-refractivity contribution in [1.29, 1.82) is 0 Å². The van der Waals surface area contributed by atoms with E-state index in [0.717, 1.165) is 77.8 Å². The summed E-state index contributed by atoms with van der Waals surface area (Å²) in [6.07, 6.45) is 0. The highest BCUT2D eigenvalue weighted by atomic mass is 15.0. The highest BCUT2D eigenvalue weighted by Gasteiger charge is 2.18. The van der Waals surface area contributed by atoms with Gasteiger partial charge in [-0.2, -0.15) is 0 Å². The third-order valence-corrected chi connectivity index (χ3v) is 11.2. The molecule has 0 aliphatic rings. The Labute approximate surface area is 360 Å². The van der Waals surface area contributed by atoms with E-state index in [1.165, 1.54) is 0 Å². The molecule has 11 rings (SSSR count). The highest BCUT2D eigenvalue weighted by Crippen LogP contribution is 2.41. The molecular formula is C57H38N4. The second-order valence-electron chi connectivity index (χ2n) is 15.0. The van der Waals surface area contributed by atoms with Crippen LogP contribution >= 0.6 is 0 Å². The molecule has 0 N–H and O–H groups in total. The van der Waals surface area contributed by atoms with Crippen molar-refractivity contribution in [2.45, 2.75) is 0 Å². The Hall–Kier alpha value is -8.21. The van der Waals surface area contributed by atoms with Crippen LogP contribution in [0.5, 0.6) is 0 Å². The summed E-state index contributed by atoms with van der Waals surface area (Å²) in [5.74, 6) is 1.61. The van der Waals surface area contributed by atoms with Gasteiger partial charge in [0.15, 0.2) is 17.5 Å². The lowest BCUT2D eigenvalue weighted by molar-refractivity contribution is 1.07. The second kappa shape index (κ2) is 15.5. The Morgan fingerprint density at radius 3 is 1.28 bits per heavy atom. The molecule has 0 atom stereocenters. The fourth-order valence-electron chi connectivity index (χ4n) is 8.20. The molecule has 4 heteroatoms. The normalized spacial score (nSPS) is 12.2. The van der Waals surface area contributed by atoms with E-state index in [0.29, 0.717) is 28.4 Å². The van der Waals surface area contributed by atoms with Gasteiger partial charge in [0, 0.05) is 33.2 Å². The molecule has 0 radical (unpaired) electrons. The molecule has 0 bridgehead atoms. The Morgan fingerprint density at radius 1 is 0.328 bits per heavy atom.